The Morgan fingerprint density at radius 1 is 1.56 bits per heavy atom. The second kappa shape index (κ2) is 3.62. The lowest BCUT2D eigenvalue weighted by molar-refractivity contribution is -0.133. The number of ketones is 1. The van der Waals surface area contributed by atoms with Crippen molar-refractivity contribution in [2.75, 3.05) is 5.75 Å². The van der Waals surface area contributed by atoms with Crippen molar-refractivity contribution in [3.63, 3.8) is 0 Å². The first kappa shape index (κ1) is 11.7. The summed E-state index contributed by atoms with van der Waals surface area (Å²) in [5.74, 6) is 0.309. The van der Waals surface area contributed by atoms with Crippen molar-refractivity contribution in [3.05, 3.63) is 10.5 Å². The van der Waals surface area contributed by atoms with E-state index in [1.165, 1.54) is 11.8 Å². The molecule has 16 heavy (non-hydrogen) atoms. The average molecular weight is 240 g/mol. The first-order chi connectivity index (χ1) is 7.35. The summed E-state index contributed by atoms with van der Waals surface area (Å²) in [5, 5.41) is 8.62. The lowest BCUT2D eigenvalue weighted by Gasteiger charge is -2.11. The van der Waals surface area contributed by atoms with Crippen molar-refractivity contribution in [3.8, 4) is 0 Å². The third kappa shape index (κ3) is 1.69. The highest BCUT2D eigenvalue weighted by atomic mass is 32.2. The molecule has 2 rings (SSSR count). The average Bonchev–Trinajstić information content (AvgIpc) is 2.59. The molecule has 2 aliphatic rings. The quantitative estimate of drug-likeness (QED) is 0.769. The molecule has 0 aromatic carbocycles. The van der Waals surface area contributed by atoms with Gasteiger partial charge in [0.25, 0.3) is 0 Å². The van der Waals surface area contributed by atoms with Gasteiger partial charge in [-0.25, -0.2) is 0 Å². The van der Waals surface area contributed by atoms with Gasteiger partial charge in [-0.2, -0.15) is 0 Å². The minimum absolute atomic E-state index is 0.0421. The molecule has 0 saturated heterocycles. The maximum Gasteiger partial charge on any atom is 0.313 e. The zero-order valence-corrected chi connectivity index (χ0v) is 10.6. The smallest absolute Gasteiger partial charge is 0.313 e. The second-order valence-corrected chi connectivity index (χ2v) is 6.37. The van der Waals surface area contributed by atoms with Gasteiger partial charge in [0, 0.05) is 12.0 Å². The lowest BCUT2D eigenvalue weighted by Crippen LogP contribution is -2.09. The Kier molecular flexibility index (Phi) is 2.65. The van der Waals surface area contributed by atoms with Crippen molar-refractivity contribution in [1.29, 1.82) is 0 Å². The van der Waals surface area contributed by atoms with Crippen LogP contribution in [0.25, 0.3) is 0 Å². The predicted octanol–water partition coefficient (Wildman–Crippen LogP) is 2.32. The Bertz CT molecular complexity index is 395. The van der Waals surface area contributed by atoms with E-state index in [1.54, 1.807) is 0 Å². The number of aliphatic carboxylic acids is 1. The third-order valence-corrected chi connectivity index (χ3v) is 4.90. The van der Waals surface area contributed by atoms with Crippen molar-refractivity contribution in [2.24, 2.45) is 17.3 Å². The summed E-state index contributed by atoms with van der Waals surface area (Å²) in [4.78, 5) is 23.2. The number of carboxylic acids is 1. The maximum atomic E-state index is 11.8. The van der Waals surface area contributed by atoms with Crippen molar-refractivity contribution < 1.29 is 14.7 Å². The molecule has 2 fully saturated rings. The van der Waals surface area contributed by atoms with Gasteiger partial charge in [0.2, 0.25) is 0 Å². The summed E-state index contributed by atoms with van der Waals surface area (Å²) < 4.78 is 0. The minimum atomic E-state index is -0.831. The van der Waals surface area contributed by atoms with Gasteiger partial charge in [0.1, 0.15) is 0 Å². The molecule has 2 atom stereocenters. The molecule has 0 amide bonds. The SMILES string of the molecule is CC(SCC(=O)O)=C1C(=O)C[C@@H]2[C@H]1C2(C)C. The molecule has 3 nitrogen and oxygen atoms in total. The number of hydrogen-bond donors (Lipinski definition) is 1. The molecular formula is C12H16O3S. The number of rotatable bonds is 3. The normalized spacial score (nSPS) is 33.6. The van der Waals surface area contributed by atoms with Crippen LogP contribution in [-0.2, 0) is 9.59 Å². The molecule has 0 radical (unpaired) electrons. The van der Waals surface area contributed by atoms with Gasteiger partial charge in [-0.3, -0.25) is 9.59 Å². The molecule has 2 aliphatic carbocycles. The highest BCUT2D eigenvalue weighted by Gasteiger charge is 2.65. The molecule has 88 valence electrons. The summed E-state index contributed by atoms with van der Waals surface area (Å²) in [5.41, 5.74) is 1.15. The molecule has 4 heteroatoms. The van der Waals surface area contributed by atoms with Gasteiger partial charge in [0.05, 0.1) is 5.75 Å². The fourth-order valence-corrected chi connectivity index (χ4v) is 3.58. The van der Waals surface area contributed by atoms with E-state index in [1.807, 2.05) is 6.92 Å². The highest BCUT2D eigenvalue weighted by Crippen LogP contribution is 2.68. The van der Waals surface area contributed by atoms with E-state index in [0.29, 0.717) is 18.3 Å². The molecule has 0 aromatic rings. The van der Waals surface area contributed by atoms with Crippen molar-refractivity contribution >= 4 is 23.5 Å². The van der Waals surface area contributed by atoms with E-state index >= 15 is 0 Å². The van der Waals surface area contributed by atoms with Crippen LogP contribution in [0.4, 0.5) is 0 Å². The first-order valence-electron chi connectivity index (χ1n) is 5.44. The van der Waals surface area contributed by atoms with E-state index < -0.39 is 5.97 Å². The first-order valence-corrected chi connectivity index (χ1v) is 6.42. The minimum Gasteiger partial charge on any atom is -0.481 e. The van der Waals surface area contributed by atoms with Crippen LogP contribution in [0.15, 0.2) is 10.5 Å². The molecule has 1 N–H and O–H groups in total. The van der Waals surface area contributed by atoms with Gasteiger partial charge in [-0.1, -0.05) is 13.8 Å². The van der Waals surface area contributed by atoms with Crippen LogP contribution in [0, 0.1) is 17.3 Å². The van der Waals surface area contributed by atoms with Crippen molar-refractivity contribution in [2.45, 2.75) is 27.2 Å². The summed E-state index contributed by atoms with van der Waals surface area (Å²) in [7, 11) is 0. The zero-order chi connectivity index (χ0) is 12.1. The Morgan fingerprint density at radius 2 is 2.19 bits per heavy atom. The Balaban J connectivity index is 2.16. The lowest BCUT2D eigenvalue weighted by atomic mass is 9.96. The van der Waals surface area contributed by atoms with Gasteiger partial charge in [-0.15, -0.1) is 11.8 Å². The van der Waals surface area contributed by atoms with E-state index in [0.717, 1.165) is 10.5 Å². The standard InChI is InChI=1S/C12H16O3S/c1-6(16-5-9(14)15)10-8(13)4-7-11(10)12(7,2)3/h7,11H,4-5H2,1-3H3,(H,14,15)/t7-,11-/m1/s1. The van der Waals surface area contributed by atoms with Crippen LogP contribution in [0.3, 0.4) is 0 Å². The Hall–Kier alpha value is -0.770. The molecule has 0 heterocycles. The van der Waals surface area contributed by atoms with E-state index in [4.69, 9.17) is 5.11 Å². The maximum absolute atomic E-state index is 11.8. The molecule has 0 unspecified atom stereocenters. The largest absolute Gasteiger partial charge is 0.481 e. The molecule has 0 spiro atoms. The number of carboxylic acid groups (broad SMARTS) is 1. The summed E-state index contributed by atoms with van der Waals surface area (Å²) >= 11 is 1.28. The van der Waals surface area contributed by atoms with Crippen molar-refractivity contribution in [1.82, 2.24) is 0 Å². The molecule has 0 aromatic heterocycles. The van der Waals surface area contributed by atoms with Gasteiger partial charge in [-0.05, 0) is 29.1 Å². The number of carbonyl (C=O) groups excluding carboxylic acids is 1. The van der Waals surface area contributed by atoms with Gasteiger partial charge >= 0.3 is 5.97 Å². The highest BCUT2D eigenvalue weighted by molar-refractivity contribution is 8.03. The number of carbonyl (C=O) groups is 2. The van der Waals surface area contributed by atoms with Crippen LogP contribution in [0.2, 0.25) is 0 Å². The number of fused-ring (bicyclic) bond motifs is 1. The number of allylic oxidation sites excluding steroid dienone is 2. The Labute approximate surface area is 99.3 Å². The van der Waals surface area contributed by atoms with E-state index in [2.05, 4.69) is 13.8 Å². The number of hydrogen-bond acceptors (Lipinski definition) is 3. The topological polar surface area (TPSA) is 54.4 Å². The number of thioether (sulfide) groups is 1. The van der Waals surface area contributed by atoms with Crippen LogP contribution in [0.5, 0.6) is 0 Å². The van der Waals surface area contributed by atoms with Crippen LogP contribution >= 0.6 is 11.8 Å². The van der Waals surface area contributed by atoms with Crippen LogP contribution in [-0.4, -0.2) is 22.6 Å². The summed E-state index contributed by atoms with van der Waals surface area (Å²) in [6.45, 7) is 6.24. The number of Topliss-reactive ketones (excluding diaryl/α,β-unsaturated/α-hetero) is 1. The molecule has 0 aliphatic heterocycles. The summed E-state index contributed by atoms with van der Waals surface area (Å²) in [6.07, 6.45) is 0.651. The second-order valence-electron chi connectivity index (χ2n) is 5.19. The summed E-state index contributed by atoms with van der Waals surface area (Å²) in [6, 6.07) is 0. The monoisotopic (exact) mass is 240 g/mol. The predicted molar refractivity (Wildman–Crippen MR) is 63.2 cm³/mol. The Morgan fingerprint density at radius 3 is 2.69 bits per heavy atom. The van der Waals surface area contributed by atoms with E-state index in [9.17, 15) is 9.59 Å². The van der Waals surface area contributed by atoms with E-state index in [-0.39, 0.29) is 17.0 Å². The van der Waals surface area contributed by atoms with Gasteiger partial charge in [0.15, 0.2) is 5.78 Å². The van der Waals surface area contributed by atoms with Crippen LogP contribution < -0.4 is 0 Å². The fourth-order valence-electron chi connectivity index (χ4n) is 2.84. The molecule has 0 bridgehead atoms. The fraction of sp³-hybridized carbons (Fsp3) is 0.667. The van der Waals surface area contributed by atoms with Gasteiger partial charge < -0.3 is 5.11 Å². The molecule has 2 saturated carbocycles. The molecular weight excluding hydrogens is 224 g/mol. The zero-order valence-electron chi connectivity index (χ0n) is 9.74. The third-order valence-electron chi connectivity index (χ3n) is 3.86. The van der Waals surface area contributed by atoms with Crippen LogP contribution in [0.1, 0.15) is 27.2 Å².